The van der Waals surface area contributed by atoms with Crippen molar-refractivity contribution < 1.29 is 18.7 Å². The Balaban J connectivity index is 1.76. The Morgan fingerprint density at radius 1 is 0.889 bits per heavy atom. The second kappa shape index (κ2) is 9.92. The summed E-state index contributed by atoms with van der Waals surface area (Å²) in [6.45, 7) is 14.3. The highest BCUT2D eigenvalue weighted by molar-refractivity contribution is 6.99. The maximum Gasteiger partial charge on any atom is 0.345 e. The van der Waals surface area contributed by atoms with Gasteiger partial charge in [-0.05, 0) is 27.0 Å². The molecule has 186 valence electrons. The number of carbonyl (C=O) groups excluding carboxylic acids is 1. The summed E-state index contributed by atoms with van der Waals surface area (Å²) in [4.78, 5) is 12.8. The smallest absolute Gasteiger partial charge is 0.345 e. The zero-order chi connectivity index (χ0) is 26.0. The number of ether oxygens (including phenoxy) is 2. The van der Waals surface area contributed by atoms with Crippen LogP contribution in [-0.2, 0) is 9.16 Å². The fourth-order valence-electron chi connectivity index (χ4n) is 4.81. The SMILES string of the molecule is C=C[C@H](/C=C/c1cccc2c1C(=O)OC(C)(C)O2)O[Si](c1ccccc1)(c1ccccc1)C(C)(C)C. The predicted octanol–water partition coefficient (Wildman–Crippen LogP) is 6.12. The van der Waals surface area contributed by atoms with E-state index >= 15 is 0 Å². The van der Waals surface area contributed by atoms with Gasteiger partial charge in [0.25, 0.3) is 8.32 Å². The second-order valence-corrected chi connectivity index (χ2v) is 14.7. The Kier molecular flexibility index (Phi) is 7.07. The molecule has 4 rings (SSSR count). The molecule has 1 heterocycles. The van der Waals surface area contributed by atoms with Crippen LogP contribution in [0.1, 0.15) is 50.5 Å². The first kappa shape index (κ1) is 25.7. The van der Waals surface area contributed by atoms with Gasteiger partial charge in [0.1, 0.15) is 11.3 Å². The third-order valence-corrected chi connectivity index (χ3v) is 11.4. The van der Waals surface area contributed by atoms with Crippen molar-refractivity contribution >= 4 is 30.7 Å². The summed E-state index contributed by atoms with van der Waals surface area (Å²) in [5.41, 5.74) is 1.13. The van der Waals surface area contributed by atoms with Crippen molar-refractivity contribution in [1.29, 1.82) is 0 Å². The Hall–Kier alpha value is -3.41. The molecule has 0 bridgehead atoms. The Morgan fingerprint density at radius 3 is 2.00 bits per heavy atom. The predicted molar refractivity (Wildman–Crippen MR) is 148 cm³/mol. The van der Waals surface area contributed by atoms with Crippen LogP contribution in [0.2, 0.25) is 5.04 Å². The van der Waals surface area contributed by atoms with E-state index in [2.05, 4.69) is 75.9 Å². The van der Waals surface area contributed by atoms with E-state index in [1.807, 2.05) is 42.5 Å². The summed E-state index contributed by atoms with van der Waals surface area (Å²) in [7, 11) is -2.77. The van der Waals surface area contributed by atoms with E-state index in [0.717, 1.165) is 0 Å². The normalized spacial score (nSPS) is 16.1. The number of hydrogen-bond acceptors (Lipinski definition) is 4. The number of carbonyl (C=O) groups is 1. The Morgan fingerprint density at radius 2 is 1.47 bits per heavy atom. The fourth-order valence-corrected chi connectivity index (χ4v) is 9.41. The van der Waals surface area contributed by atoms with Crippen molar-refractivity contribution in [3.63, 3.8) is 0 Å². The van der Waals surface area contributed by atoms with E-state index in [9.17, 15) is 4.79 Å². The summed E-state index contributed by atoms with van der Waals surface area (Å²) in [6.07, 6.45) is 5.27. The summed E-state index contributed by atoms with van der Waals surface area (Å²) >= 11 is 0. The van der Waals surface area contributed by atoms with Crippen LogP contribution < -0.4 is 15.1 Å². The number of hydrogen-bond donors (Lipinski definition) is 0. The zero-order valence-corrected chi connectivity index (χ0v) is 22.7. The molecule has 0 unspecified atom stereocenters. The lowest BCUT2D eigenvalue weighted by Crippen LogP contribution is -2.67. The topological polar surface area (TPSA) is 44.8 Å². The monoisotopic (exact) mass is 498 g/mol. The fraction of sp³-hybridized carbons (Fsp3) is 0.258. The van der Waals surface area contributed by atoms with E-state index in [-0.39, 0.29) is 11.1 Å². The molecule has 1 aliphatic heterocycles. The van der Waals surface area contributed by atoms with Crippen LogP contribution in [0.25, 0.3) is 6.08 Å². The van der Waals surface area contributed by atoms with Crippen LogP contribution in [0, 0.1) is 0 Å². The van der Waals surface area contributed by atoms with Crippen molar-refractivity contribution in [2.45, 2.75) is 51.5 Å². The molecule has 0 N–H and O–H groups in total. The van der Waals surface area contributed by atoms with Crippen LogP contribution in [0.3, 0.4) is 0 Å². The van der Waals surface area contributed by atoms with Gasteiger partial charge in [0.15, 0.2) is 0 Å². The van der Waals surface area contributed by atoms with E-state index < -0.39 is 20.1 Å². The van der Waals surface area contributed by atoms with Crippen LogP contribution in [0.4, 0.5) is 0 Å². The molecule has 3 aromatic carbocycles. The third kappa shape index (κ3) is 4.94. The molecule has 5 heteroatoms. The number of rotatable bonds is 7. The van der Waals surface area contributed by atoms with Gasteiger partial charge in [-0.1, -0.05) is 112 Å². The molecule has 0 aliphatic carbocycles. The minimum Gasteiger partial charge on any atom is -0.452 e. The van der Waals surface area contributed by atoms with Gasteiger partial charge in [-0.2, -0.15) is 0 Å². The number of benzene rings is 3. The van der Waals surface area contributed by atoms with Crippen molar-refractivity contribution in [2.75, 3.05) is 0 Å². The molecule has 4 nitrogen and oxygen atoms in total. The lowest BCUT2D eigenvalue weighted by atomic mass is 10.0. The average molecular weight is 499 g/mol. The molecule has 0 spiro atoms. The lowest BCUT2D eigenvalue weighted by Gasteiger charge is -2.44. The van der Waals surface area contributed by atoms with Gasteiger partial charge in [-0.15, -0.1) is 6.58 Å². The third-order valence-electron chi connectivity index (χ3n) is 6.38. The molecule has 0 saturated heterocycles. The maximum atomic E-state index is 12.8. The Bertz CT molecular complexity index is 1220. The summed E-state index contributed by atoms with van der Waals surface area (Å²) < 4.78 is 18.5. The van der Waals surface area contributed by atoms with Crippen LogP contribution in [0.5, 0.6) is 5.75 Å². The molecular formula is C31H34O4Si. The molecular weight excluding hydrogens is 464 g/mol. The van der Waals surface area contributed by atoms with Gasteiger partial charge >= 0.3 is 5.97 Å². The molecule has 36 heavy (non-hydrogen) atoms. The summed E-state index contributed by atoms with van der Waals surface area (Å²) in [6, 6.07) is 26.5. The van der Waals surface area contributed by atoms with Crippen molar-refractivity contribution in [3.05, 3.63) is 109 Å². The number of fused-ring (bicyclic) bond motifs is 1. The standard InChI is InChI=1S/C31H34O4Si/c1-7-24(22-21-23-15-14-20-27-28(23)29(32)34-31(5,6)33-27)35-36(30(2,3)4,25-16-10-8-11-17-25)26-18-12-9-13-19-26/h7-22,24H,1H2,2-6H3/b22-21+/t24-/m1/s1. The summed E-state index contributed by atoms with van der Waals surface area (Å²) in [5, 5.41) is 2.22. The quantitative estimate of drug-likeness (QED) is 0.224. The molecule has 1 aliphatic rings. The molecule has 1 atom stereocenters. The lowest BCUT2D eigenvalue weighted by molar-refractivity contribution is -0.127. The van der Waals surface area contributed by atoms with Gasteiger partial charge < -0.3 is 13.9 Å². The zero-order valence-electron chi connectivity index (χ0n) is 21.7. The van der Waals surface area contributed by atoms with Crippen LogP contribution in [0.15, 0.2) is 97.6 Å². The van der Waals surface area contributed by atoms with Crippen molar-refractivity contribution in [1.82, 2.24) is 0 Å². The van der Waals surface area contributed by atoms with Crippen molar-refractivity contribution in [3.8, 4) is 5.75 Å². The van der Waals surface area contributed by atoms with Gasteiger partial charge in [-0.3, -0.25) is 0 Å². The van der Waals surface area contributed by atoms with Gasteiger partial charge in [0.05, 0.1) is 6.10 Å². The number of cyclic esters (lactones) is 1. The van der Waals surface area contributed by atoms with Gasteiger partial charge in [0, 0.05) is 13.8 Å². The largest absolute Gasteiger partial charge is 0.452 e. The molecule has 0 radical (unpaired) electrons. The van der Waals surface area contributed by atoms with Crippen LogP contribution >= 0.6 is 0 Å². The average Bonchev–Trinajstić information content (AvgIpc) is 2.83. The number of esters is 1. The molecule has 0 fully saturated rings. The summed E-state index contributed by atoms with van der Waals surface area (Å²) in [5.74, 6) is -0.881. The van der Waals surface area contributed by atoms with Crippen LogP contribution in [-0.4, -0.2) is 26.2 Å². The van der Waals surface area contributed by atoms with E-state index in [1.54, 1.807) is 19.9 Å². The molecule has 3 aromatic rings. The van der Waals surface area contributed by atoms with E-state index in [1.165, 1.54) is 10.4 Å². The minimum absolute atomic E-state index is 0.167. The Labute approximate surface area is 215 Å². The molecule has 0 saturated carbocycles. The molecule has 0 aromatic heterocycles. The highest BCUT2D eigenvalue weighted by atomic mass is 28.4. The second-order valence-electron chi connectivity index (χ2n) is 10.5. The van der Waals surface area contributed by atoms with Gasteiger partial charge in [0.2, 0.25) is 5.79 Å². The van der Waals surface area contributed by atoms with Crippen molar-refractivity contribution in [2.24, 2.45) is 0 Å². The molecule has 0 amide bonds. The maximum absolute atomic E-state index is 12.8. The highest BCUT2D eigenvalue weighted by Gasteiger charge is 2.51. The minimum atomic E-state index is -2.77. The first-order valence-electron chi connectivity index (χ1n) is 12.2. The van der Waals surface area contributed by atoms with Gasteiger partial charge in [-0.25, -0.2) is 4.79 Å². The van der Waals surface area contributed by atoms with E-state index in [0.29, 0.717) is 16.9 Å². The first-order chi connectivity index (χ1) is 17.1. The highest BCUT2D eigenvalue weighted by Crippen LogP contribution is 2.38. The van der Waals surface area contributed by atoms with E-state index in [4.69, 9.17) is 13.9 Å². The first-order valence-corrected chi connectivity index (χ1v) is 14.1.